The van der Waals surface area contributed by atoms with Crippen molar-refractivity contribution in [3.05, 3.63) is 39.9 Å². The first-order valence-corrected chi connectivity index (χ1v) is 7.54. The lowest BCUT2D eigenvalue weighted by atomic mass is 9.88. The van der Waals surface area contributed by atoms with E-state index in [2.05, 4.69) is 0 Å². The number of nitro groups is 1. The summed E-state index contributed by atoms with van der Waals surface area (Å²) >= 11 is 0. The van der Waals surface area contributed by atoms with Gasteiger partial charge in [0, 0.05) is 30.6 Å². The van der Waals surface area contributed by atoms with E-state index in [1.165, 1.54) is 23.1 Å². The predicted octanol–water partition coefficient (Wildman–Crippen LogP) is 2.63. The highest BCUT2D eigenvalue weighted by Crippen LogP contribution is 2.37. The molecule has 8 heteroatoms. The standard InChI is InChI=1S/C16H20N2O6/c1-16(2,3)24-15(21)17-8-11(12(9-17)14(19)20)10-6-4-5-7-13(10)18(22)23/h4-7,11-12H,8-9H2,1-3H3,(H,19,20)/t11-,12+/m1/s1. The van der Waals surface area contributed by atoms with Gasteiger partial charge in [0.1, 0.15) is 5.60 Å². The average molecular weight is 336 g/mol. The fourth-order valence-electron chi connectivity index (χ4n) is 2.81. The number of hydrogen-bond acceptors (Lipinski definition) is 5. The monoisotopic (exact) mass is 336 g/mol. The fourth-order valence-corrected chi connectivity index (χ4v) is 2.81. The van der Waals surface area contributed by atoms with Crippen LogP contribution in [0.25, 0.3) is 0 Å². The second-order valence-electron chi connectivity index (χ2n) is 6.75. The van der Waals surface area contributed by atoms with Gasteiger partial charge in [0.2, 0.25) is 0 Å². The minimum atomic E-state index is -1.09. The molecule has 130 valence electrons. The van der Waals surface area contributed by atoms with Crippen LogP contribution >= 0.6 is 0 Å². The molecule has 0 radical (unpaired) electrons. The number of hydrogen-bond donors (Lipinski definition) is 1. The van der Waals surface area contributed by atoms with Crippen molar-refractivity contribution in [2.24, 2.45) is 5.92 Å². The lowest BCUT2D eigenvalue weighted by molar-refractivity contribution is -0.385. The summed E-state index contributed by atoms with van der Waals surface area (Å²) in [6.45, 7) is 5.18. The van der Waals surface area contributed by atoms with E-state index in [0.29, 0.717) is 5.56 Å². The molecule has 0 aliphatic carbocycles. The van der Waals surface area contributed by atoms with Gasteiger partial charge in [-0.1, -0.05) is 18.2 Å². The second kappa shape index (κ2) is 6.46. The first kappa shape index (κ1) is 17.7. The molecule has 24 heavy (non-hydrogen) atoms. The Labute approximate surface area is 139 Å². The molecule has 1 N–H and O–H groups in total. The fraction of sp³-hybridized carbons (Fsp3) is 0.500. The maximum atomic E-state index is 12.2. The lowest BCUT2D eigenvalue weighted by Crippen LogP contribution is -2.35. The molecule has 1 aromatic rings. The minimum absolute atomic E-state index is 0.0407. The van der Waals surface area contributed by atoms with Crippen LogP contribution in [0.2, 0.25) is 0 Å². The molecule has 0 aromatic heterocycles. The normalized spacial score (nSPS) is 20.7. The average Bonchev–Trinajstić information content (AvgIpc) is 2.90. The quantitative estimate of drug-likeness (QED) is 0.671. The van der Waals surface area contributed by atoms with E-state index < -0.39 is 34.4 Å². The topological polar surface area (TPSA) is 110 Å². The molecule has 8 nitrogen and oxygen atoms in total. The SMILES string of the molecule is CC(C)(C)OC(=O)N1C[C@H](C(=O)O)[C@@H](c2ccccc2[N+](=O)[O-])C1. The van der Waals surface area contributed by atoms with Gasteiger partial charge in [-0.15, -0.1) is 0 Å². The number of para-hydroxylation sites is 1. The largest absolute Gasteiger partial charge is 0.481 e. The van der Waals surface area contributed by atoms with Gasteiger partial charge in [0.05, 0.1) is 10.8 Å². The summed E-state index contributed by atoms with van der Waals surface area (Å²) in [7, 11) is 0. The van der Waals surface area contributed by atoms with Crippen molar-refractivity contribution in [2.45, 2.75) is 32.3 Å². The Hall–Kier alpha value is -2.64. The number of ether oxygens (including phenoxy) is 1. The Bertz CT molecular complexity index is 667. The van der Waals surface area contributed by atoms with E-state index in [4.69, 9.17) is 4.74 Å². The van der Waals surface area contributed by atoms with Crippen molar-refractivity contribution in [3.63, 3.8) is 0 Å². The van der Waals surface area contributed by atoms with Gasteiger partial charge in [0.15, 0.2) is 0 Å². The number of amides is 1. The summed E-state index contributed by atoms with van der Waals surface area (Å²) in [6.07, 6.45) is -0.616. The smallest absolute Gasteiger partial charge is 0.410 e. The third-order valence-electron chi connectivity index (χ3n) is 3.82. The van der Waals surface area contributed by atoms with Crippen molar-refractivity contribution in [3.8, 4) is 0 Å². The molecule has 0 unspecified atom stereocenters. The minimum Gasteiger partial charge on any atom is -0.481 e. The molecule has 1 saturated heterocycles. The molecule has 1 aliphatic heterocycles. The summed E-state index contributed by atoms with van der Waals surface area (Å²) in [5.41, 5.74) is -0.521. The predicted molar refractivity (Wildman–Crippen MR) is 84.8 cm³/mol. The number of aliphatic carboxylic acids is 1. The summed E-state index contributed by atoms with van der Waals surface area (Å²) in [6, 6.07) is 6.02. The van der Waals surface area contributed by atoms with Gasteiger partial charge >= 0.3 is 12.1 Å². The third kappa shape index (κ3) is 3.81. The van der Waals surface area contributed by atoms with Crippen LogP contribution < -0.4 is 0 Å². The molecule has 1 aliphatic rings. The number of benzene rings is 1. The van der Waals surface area contributed by atoms with E-state index in [9.17, 15) is 24.8 Å². The van der Waals surface area contributed by atoms with Gasteiger partial charge in [0.25, 0.3) is 5.69 Å². The van der Waals surface area contributed by atoms with Crippen LogP contribution in [0.1, 0.15) is 32.3 Å². The first-order valence-electron chi connectivity index (χ1n) is 7.54. The van der Waals surface area contributed by atoms with Crippen LogP contribution in [0.15, 0.2) is 24.3 Å². The Morgan fingerprint density at radius 1 is 1.29 bits per heavy atom. The highest BCUT2D eigenvalue weighted by molar-refractivity contribution is 5.76. The number of carboxylic acids is 1. The van der Waals surface area contributed by atoms with E-state index >= 15 is 0 Å². The van der Waals surface area contributed by atoms with Gasteiger partial charge in [-0.25, -0.2) is 4.79 Å². The zero-order valence-corrected chi connectivity index (χ0v) is 13.8. The molecule has 0 spiro atoms. The van der Waals surface area contributed by atoms with Gasteiger partial charge in [-0.05, 0) is 20.8 Å². The summed E-state index contributed by atoms with van der Waals surface area (Å²) in [5.74, 6) is -2.67. The molecule has 1 fully saturated rings. The number of carbonyl (C=O) groups is 2. The zero-order valence-electron chi connectivity index (χ0n) is 13.8. The Morgan fingerprint density at radius 2 is 1.92 bits per heavy atom. The van der Waals surface area contributed by atoms with Crippen molar-refractivity contribution in [1.82, 2.24) is 4.90 Å². The lowest BCUT2D eigenvalue weighted by Gasteiger charge is -2.24. The maximum absolute atomic E-state index is 12.2. The third-order valence-corrected chi connectivity index (χ3v) is 3.82. The molecular weight excluding hydrogens is 316 g/mol. The molecule has 2 atom stereocenters. The van der Waals surface area contributed by atoms with E-state index in [1.807, 2.05) is 0 Å². The molecule has 2 rings (SSSR count). The number of carboxylic acid groups (broad SMARTS) is 1. The number of nitro benzene ring substituents is 1. The van der Waals surface area contributed by atoms with Crippen LogP contribution in [-0.2, 0) is 9.53 Å². The second-order valence-corrected chi connectivity index (χ2v) is 6.75. The number of nitrogens with zero attached hydrogens (tertiary/aromatic N) is 2. The van der Waals surface area contributed by atoms with Crippen LogP contribution in [0.4, 0.5) is 10.5 Å². The van der Waals surface area contributed by atoms with Crippen molar-refractivity contribution >= 4 is 17.7 Å². The molecule has 1 amide bonds. The Balaban J connectivity index is 2.31. The van der Waals surface area contributed by atoms with Gasteiger partial charge < -0.3 is 14.7 Å². The highest BCUT2D eigenvalue weighted by Gasteiger charge is 2.43. The van der Waals surface area contributed by atoms with Gasteiger partial charge in [-0.3, -0.25) is 14.9 Å². The van der Waals surface area contributed by atoms with E-state index in [1.54, 1.807) is 26.8 Å². The van der Waals surface area contributed by atoms with Crippen molar-refractivity contribution in [1.29, 1.82) is 0 Å². The van der Waals surface area contributed by atoms with Crippen LogP contribution in [0, 0.1) is 16.0 Å². The summed E-state index contributed by atoms with van der Waals surface area (Å²) < 4.78 is 5.27. The number of rotatable bonds is 3. The summed E-state index contributed by atoms with van der Waals surface area (Å²) in [5, 5.41) is 20.7. The molecular formula is C16H20N2O6. The van der Waals surface area contributed by atoms with Gasteiger partial charge in [-0.2, -0.15) is 0 Å². The molecule has 1 heterocycles. The first-order chi connectivity index (χ1) is 11.1. The van der Waals surface area contributed by atoms with Crippen molar-refractivity contribution < 1.29 is 24.4 Å². The number of likely N-dealkylation sites (tertiary alicyclic amines) is 1. The van der Waals surface area contributed by atoms with Crippen LogP contribution in [0.3, 0.4) is 0 Å². The number of carbonyl (C=O) groups excluding carboxylic acids is 1. The molecule has 0 saturated carbocycles. The molecule has 1 aromatic carbocycles. The van der Waals surface area contributed by atoms with Crippen LogP contribution in [0.5, 0.6) is 0 Å². The van der Waals surface area contributed by atoms with E-state index in [0.717, 1.165) is 0 Å². The maximum Gasteiger partial charge on any atom is 0.410 e. The highest BCUT2D eigenvalue weighted by atomic mass is 16.6. The Kier molecular flexibility index (Phi) is 4.77. The van der Waals surface area contributed by atoms with Crippen molar-refractivity contribution in [2.75, 3.05) is 13.1 Å². The van der Waals surface area contributed by atoms with Crippen LogP contribution in [-0.4, -0.2) is 45.7 Å². The molecule has 0 bridgehead atoms. The summed E-state index contributed by atoms with van der Waals surface area (Å²) in [4.78, 5) is 35.7. The van der Waals surface area contributed by atoms with E-state index in [-0.39, 0.29) is 18.8 Å². The zero-order chi connectivity index (χ0) is 18.1. The Morgan fingerprint density at radius 3 is 2.46 bits per heavy atom.